The SMILES string of the molecule is CC(C)Oc1cc([N+](=O)[O-])ccc1C1=N[C@@H](c2ccccn2)[C@@H](c2ccc(Cl)cc2)N1C(=O)N1CCNC(=O)C1. The number of amides is 3. The average molecular weight is 563 g/mol. The minimum atomic E-state index is -0.651. The van der Waals surface area contributed by atoms with E-state index in [0.717, 1.165) is 5.56 Å². The molecule has 1 fully saturated rings. The monoisotopic (exact) mass is 562 g/mol. The van der Waals surface area contributed by atoms with Gasteiger partial charge in [-0.2, -0.15) is 0 Å². The van der Waals surface area contributed by atoms with Crippen molar-refractivity contribution in [3.63, 3.8) is 0 Å². The van der Waals surface area contributed by atoms with Gasteiger partial charge in [-0.3, -0.25) is 29.8 Å². The number of nitrogens with zero attached hydrogens (tertiary/aromatic N) is 5. The molecule has 0 bridgehead atoms. The Morgan fingerprint density at radius 1 is 1.18 bits per heavy atom. The number of urea groups is 1. The highest BCUT2D eigenvalue weighted by molar-refractivity contribution is 6.30. The van der Waals surface area contributed by atoms with Crippen molar-refractivity contribution in [1.82, 2.24) is 20.1 Å². The number of amidine groups is 1. The lowest BCUT2D eigenvalue weighted by Crippen LogP contribution is -2.55. The number of nitrogens with one attached hydrogen (secondary N) is 1. The molecule has 11 nitrogen and oxygen atoms in total. The van der Waals surface area contributed by atoms with Crippen LogP contribution in [0.15, 0.2) is 71.9 Å². The molecule has 3 heterocycles. The first-order chi connectivity index (χ1) is 19.2. The Labute approximate surface area is 235 Å². The molecular formula is C28H27ClN6O5. The first kappa shape index (κ1) is 27.1. The molecule has 0 radical (unpaired) electrons. The van der Waals surface area contributed by atoms with Crippen molar-refractivity contribution in [2.45, 2.75) is 32.0 Å². The number of nitro benzene ring substituents is 1. The van der Waals surface area contributed by atoms with Crippen LogP contribution in [0.3, 0.4) is 0 Å². The second kappa shape index (κ2) is 11.3. The fourth-order valence-electron chi connectivity index (χ4n) is 4.83. The molecular weight excluding hydrogens is 536 g/mol. The average Bonchev–Trinajstić information content (AvgIpc) is 3.33. The van der Waals surface area contributed by atoms with E-state index < -0.39 is 23.0 Å². The van der Waals surface area contributed by atoms with Gasteiger partial charge in [-0.05, 0) is 49.7 Å². The molecule has 1 aromatic heterocycles. The van der Waals surface area contributed by atoms with E-state index in [2.05, 4.69) is 10.3 Å². The van der Waals surface area contributed by atoms with Gasteiger partial charge in [-0.15, -0.1) is 0 Å². The minimum absolute atomic E-state index is 0.111. The highest BCUT2D eigenvalue weighted by atomic mass is 35.5. The van der Waals surface area contributed by atoms with Crippen LogP contribution in [-0.4, -0.2) is 63.2 Å². The second-order valence-corrected chi connectivity index (χ2v) is 10.1. The molecule has 0 unspecified atom stereocenters. The lowest BCUT2D eigenvalue weighted by Gasteiger charge is -2.35. The molecule has 40 heavy (non-hydrogen) atoms. The van der Waals surface area contributed by atoms with Crippen LogP contribution in [0.4, 0.5) is 10.5 Å². The molecule has 2 aliphatic rings. The molecule has 3 amide bonds. The number of non-ortho nitro benzene ring substituents is 1. The molecule has 3 aromatic rings. The highest BCUT2D eigenvalue weighted by Crippen LogP contribution is 2.45. The predicted molar refractivity (Wildman–Crippen MR) is 148 cm³/mol. The van der Waals surface area contributed by atoms with Crippen molar-refractivity contribution < 1.29 is 19.2 Å². The molecule has 1 N–H and O–H groups in total. The van der Waals surface area contributed by atoms with Crippen molar-refractivity contribution >= 4 is 35.1 Å². The number of piperazine rings is 1. The number of rotatable bonds is 6. The van der Waals surface area contributed by atoms with E-state index in [9.17, 15) is 19.7 Å². The topological polar surface area (TPSA) is 130 Å². The number of benzene rings is 2. The molecule has 1 saturated heterocycles. The van der Waals surface area contributed by atoms with Crippen molar-refractivity contribution in [2.24, 2.45) is 4.99 Å². The van der Waals surface area contributed by atoms with Crippen LogP contribution < -0.4 is 10.1 Å². The highest BCUT2D eigenvalue weighted by Gasteiger charge is 2.45. The van der Waals surface area contributed by atoms with Gasteiger partial charge in [-0.1, -0.05) is 29.8 Å². The lowest BCUT2D eigenvalue weighted by atomic mass is 9.96. The van der Waals surface area contributed by atoms with Crippen LogP contribution in [0.1, 0.15) is 42.8 Å². The van der Waals surface area contributed by atoms with Gasteiger partial charge in [0.1, 0.15) is 24.2 Å². The molecule has 0 aliphatic carbocycles. The van der Waals surface area contributed by atoms with E-state index in [1.807, 2.05) is 38.1 Å². The normalized spacial score (nSPS) is 18.9. The number of pyridine rings is 1. The maximum absolute atomic E-state index is 14.3. The van der Waals surface area contributed by atoms with Gasteiger partial charge in [-0.25, -0.2) is 4.79 Å². The molecule has 2 aromatic carbocycles. The Kier molecular flexibility index (Phi) is 7.65. The molecule has 206 valence electrons. The van der Waals surface area contributed by atoms with Gasteiger partial charge in [0, 0.05) is 30.4 Å². The van der Waals surface area contributed by atoms with Crippen LogP contribution in [-0.2, 0) is 4.79 Å². The molecule has 0 saturated carbocycles. The summed E-state index contributed by atoms with van der Waals surface area (Å²) in [6.07, 6.45) is 1.35. The largest absolute Gasteiger partial charge is 0.490 e. The van der Waals surface area contributed by atoms with Gasteiger partial charge in [0.05, 0.1) is 34.4 Å². The third kappa shape index (κ3) is 5.46. The molecule has 2 atom stereocenters. The van der Waals surface area contributed by atoms with Gasteiger partial charge in [0.25, 0.3) is 5.69 Å². The van der Waals surface area contributed by atoms with Crippen molar-refractivity contribution in [2.75, 3.05) is 19.6 Å². The summed E-state index contributed by atoms with van der Waals surface area (Å²) in [5.41, 5.74) is 1.63. The lowest BCUT2D eigenvalue weighted by molar-refractivity contribution is -0.384. The van der Waals surface area contributed by atoms with Crippen LogP contribution >= 0.6 is 11.6 Å². The summed E-state index contributed by atoms with van der Waals surface area (Å²) in [4.78, 5) is 50.1. The number of nitro groups is 1. The number of halogens is 1. The molecule has 0 spiro atoms. The quantitative estimate of drug-likeness (QED) is 0.347. The maximum atomic E-state index is 14.3. The van der Waals surface area contributed by atoms with E-state index in [1.54, 1.807) is 24.4 Å². The standard InChI is InChI=1S/C28H27ClN6O5/c1-17(2)40-23-15-20(35(38)39)10-11-21(23)27-32-25(22-5-3-4-12-30-22)26(18-6-8-19(29)9-7-18)34(27)28(37)33-14-13-31-24(36)16-33/h3-12,15,17,25-26H,13-14,16H2,1-2H3,(H,31,36)/t25-,26+/m0/s1. The van der Waals surface area contributed by atoms with E-state index >= 15 is 0 Å². The molecule has 2 aliphatic heterocycles. The summed E-state index contributed by atoms with van der Waals surface area (Å²) < 4.78 is 6.00. The number of carbonyl (C=O) groups is 2. The number of aromatic nitrogens is 1. The van der Waals surface area contributed by atoms with Gasteiger partial charge in [0.2, 0.25) is 5.91 Å². The zero-order valence-corrected chi connectivity index (χ0v) is 22.6. The summed E-state index contributed by atoms with van der Waals surface area (Å²) in [5, 5.41) is 14.8. The zero-order chi connectivity index (χ0) is 28.4. The summed E-state index contributed by atoms with van der Waals surface area (Å²) in [6.45, 7) is 4.13. The van der Waals surface area contributed by atoms with Crippen LogP contribution in [0.5, 0.6) is 5.75 Å². The predicted octanol–water partition coefficient (Wildman–Crippen LogP) is 4.53. The molecule has 5 rings (SSSR count). The number of carbonyl (C=O) groups excluding carboxylic acids is 2. The molecule has 12 heteroatoms. The Bertz CT molecular complexity index is 1460. The smallest absolute Gasteiger partial charge is 0.326 e. The summed E-state index contributed by atoms with van der Waals surface area (Å²) in [6, 6.07) is 15.1. The van der Waals surface area contributed by atoms with Gasteiger partial charge in [0.15, 0.2) is 0 Å². The first-order valence-electron chi connectivity index (χ1n) is 12.8. The Morgan fingerprint density at radius 3 is 2.60 bits per heavy atom. The van der Waals surface area contributed by atoms with E-state index in [-0.39, 0.29) is 35.8 Å². The van der Waals surface area contributed by atoms with Crippen LogP contribution in [0.2, 0.25) is 5.02 Å². The summed E-state index contributed by atoms with van der Waals surface area (Å²) >= 11 is 6.20. The third-order valence-corrected chi connectivity index (χ3v) is 6.82. The van der Waals surface area contributed by atoms with Gasteiger partial charge < -0.3 is 15.0 Å². The van der Waals surface area contributed by atoms with Gasteiger partial charge >= 0.3 is 6.03 Å². The summed E-state index contributed by atoms with van der Waals surface area (Å²) in [5.74, 6) is 0.214. The second-order valence-electron chi connectivity index (χ2n) is 9.68. The fourth-order valence-corrected chi connectivity index (χ4v) is 4.96. The number of aliphatic imine (C=N–C) groups is 1. The minimum Gasteiger partial charge on any atom is -0.490 e. The number of hydrogen-bond donors (Lipinski definition) is 1. The van der Waals surface area contributed by atoms with Crippen molar-refractivity contribution in [1.29, 1.82) is 0 Å². The van der Waals surface area contributed by atoms with E-state index in [1.165, 1.54) is 28.0 Å². The Balaban J connectivity index is 1.71. The fraction of sp³-hybridized carbons (Fsp3) is 0.286. The van der Waals surface area contributed by atoms with E-state index in [0.29, 0.717) is 29.4 Å². The van der Waals surface area contributed by atoms with Crippen molar-refractivity contribution in [3.8, 4) is 5.75 Å². The zero-order valence-electron chi connectivity index (χ0n) is 21.9. The number of hydrogen-bond acceptors (Lipinski definition) is 7. The van der Waals surface area contributed by atoms with Crippen LogP contribution in [0.25, 0.3) is 0 Å². The van der Waals surface area contributed by atoms with Crippen LogP contribution in [0, 0.1) is 10.1 Å². The summed E-state index contributed by atoms with van der Waals surface area (Å²) in [7, 11) is 0. The number of ether oxygens (including phenoxy) is 1. The first-order valence-corrected chi connectivity index (χ1v) is 13.1. The van der Waals surface area contributed by atoms with E-state index in [4.69, 9.17) is 21.3 Å². The Hall–Kier alpha value is -4.51. The Morgan fingerprint density at radius 2 is 1.95 bits per heavy atom. The van der Waals surface area contributed by atoms with Crippen molar-refractivity contribution in [3.05, 3.63) is 98.8 Å². The maximum Gasteiger partial charge on any atom is 0.326 e. The third-order valence-electron chi connectivity index (χ3n) is 6.56.